The lowest BCUT2D eigenvalue weighted by molar-refractivity contribution is -0.131. The van der Waals surface area contributed by atoms with E-state index in [9.17, 15) is 9.59 Å². The van der Waals surface area contributed by atoms with Crippen LogP contribution in [0.2, 0.25) is 0 Å². The second-order valence-electron chi connectivity index (χ2n) is 6.39. The number of nitrogens with two attached hydrogens (primary N) is 1. The van der Waals surface area contributed by atoms with Crippen LogP contribution in [-0.4, -0.2) is 54.4 Å². The summed E-state index contributed by atoms with van der Waals surface area (Å²) in [5.41, 5.74) is 7.10. The molecule has 0 atom stereocenters. The first-order valence-electron chi connectivity index (χ1n) is 9.18. The van der Waals surface area contributed by atoms with Gasteiger partial charge in [-0.25, -0.2) is 4.98 Å². The third-order valence-electron chi connectivity index (χ3n) is 4.57. The number of aromatic nitrogens is 1. The third-order valence-corrected chi connectivity index (χ3v) is 5.44. The lowest BCUT2D eigenvalue weighted by Crippen LogP contribution is -2.48. The summed E-state index contributed by atoms with van der Waals surface area (Å²) < 4.78 is 0. The molecule has 0 radical (unpaired) electrons. The van der Waals surface area contributed by atoms with E-state index in [0.717, 1.165) is 31.2 Å². The van der Waals surface area contributed by atoms with Gasteiger partial charge in [-0.1, -0.05) is 18.2 Å². The van der Waals surface area contributed by atoms with Crippen molar-refractivity contribution in [3.63, 3.8) is 0 Å². The minimum atomic E-state index is -0.213. The molecule has 2 aromatic rings. The van der Waals surface area contributed by atoms with E-state index < -0.39 is 0 Å². The Bertz CT molecular complexity index is 756. The molecule has 0 unspecified atom stereocenters. The molecule has 3 N–H and O–H groups in total. The number of benzene rings is 1. The van der Waals surface area contributed by atoms with Crippen molar-refractivity contribution in [3.05, 3.63) is 46.4 Å². The van der Waals surface area contributed by atoms with Gasteiger partial charge in [0.1, 0.15) is 10.7 Å². The lowest BCUT2D eigenvalue weighted by Gasteiger charge is -2.36. The predicted octanol–water partition coefficient (Wildman–Crippen LogP) is 1.46. The Morgan fingerprint density at radius 1 is 1.15 bits per heavy atom. The van der Waals surface area contributed by atoms with Crippen LogP contribution in [0, 0.1) is 0 Å². The van der Waals surface area contributed by atoms with Crippen LogP contribution in [0.3, 0.4) is 0 Å². The van der Waals surface area contributed by atoms with Crippen molar-refractivity contribution in [2.75, 3.05) is 37.6 Å². The first kappa shape index (κ1) is 19.3. The molecule has 0 spiro atoms. The summed E-state index contributed by atoms with van der Waals surface area (Å²) in [5.74, 6) is -0.0640. The van der Waals surface area contributed by atoms with Gasteiger partial charge < -0.3 is 20.9 Å². The number of piperazine rings is 1. The number of amides is 2. The molecule has 2 amide bonds. The Kier molecular flexibility index (Phi) is 6.78. The Morgan fingerprint density at radius 2 is 1.89 bits per heavy atom. The number of carbonyl (C=O) groups is 2. The minimum absolute atomic E-state index is 0.149. The summed E-state index contributed by atoms with van der Waals surface area (Å²) in [7, 11) is 0. The molecule has 1 aromatic carbocycles. The summed E-state index contributed by atoms with van der Waals surface area (Å²) in [6.07, 6.45) is 1.06. The van der Waals surface area contributed by atoms with Gasteiger partial charge in [-0.2, -0.15) is 0 Å². The van der Waals surface area contributed by atoms with Crippen LogP contribution in [0.15, 0.2) is 35.7 Å². The molecule has 1 aliphatic rings. The normalized spacial score (nSPS) is 14.3. The fourth-order valence-electron chi connectivity index (χ4n) is 3.05. The SMILES string of the molecule is NCc1nc(C(=O)NCCCC(=O)N2CCN(c3ccccc3)CC2)cs1. The second kappa shape index (κ2) is 9.48. The average molecular weight is 388 g/mol. The molecule has 144 valence electrons. The van der Waals surface area contributed by atoms with E-state index in [1.807, 2.05) is 23.1 Å². The first-order chi connectivity index (χ1) is 13.2. The zero-order valence-corrected chi connectivity index (χ0v) is 16.1. The summed E-state index contributed by atoms with van der Waals surface area (Å²) in [6, 6.07) is 10.3. The van der Waals surface area contributed by atoms with E-state index in [2.05, 4.69) is 27.3 Å². The molecule has 3 rings (SSSR count). The van der Waals surface area contributed by atoms with Crippen LogP contribution in [0.5, 0.6) is 0 Å². The number of anilines is 1. The summed E-state index contributed by atoms with van der Waals surface area (Å²) in [5, 5.41) is 5.25. The fraction of sp³-hybridized carbons (Fsp3) is 0.421. The Hall–Kier alpha value is -2.45. The number of hydrogen-bond donors (Lipinski definition) is 2. The molecule has 8 heteroatoms. The van der Waals surface area contributed by atoms with Gasteiger partial charge >= 0.3 is 0 Å². The molecule has 0 bridgehead atoms. The fourth-order valence-corrected chi connectivity index (χ4v) is 3.71. The number of nitrogens with zero attached hydrogens (tertiary/aromatic N) is 3. The van der Waals surface area contributed by atoms with Crippen molar-refractivity contribution in [2.24, 2.45) is 5.73 Å². The summed E-state index contributed by atoms with van der Waals surface area (Å²) in [4.78, 5) is 32.7. The zero-order chi connectivity index (χ0) is 19.1. The third kappa shape index (κ3) is 5.27. The highest BCUT2D eigenvalue weighted by atomic mass is 32.1. The first-order valence-corrected chi connectivity index (χ1v) is 10.1. The van der Waals surface area contributed by atoms with E-state index in [1.165, 1.54) is 17.0 Å². The molecular formula is C19H25N5O2S. The van der Waals surface area contributed by atoms with Gasteiger partial charge in [0.2, 0.25) is 5.91 Å². The van der Waals surface area contributed by atoms with Crippen molar-refractivity contribution in [1.29, 1.82) is 0 Å². The largest absolute Gasteiger partial charge is 0.368 e. The average Bonchev–Trinajstić information content (AvgIpc) is 3.21. The highest BCUT2D eigenvalue weighted by molar-refractivity contribution is 7.09. The maximum atomic E-state index is 12.4. The van der Waals surface area contributed by atoms with E-state index in [-0.39, 0.29) is 11.8 Å². The van der Waals surface area contributed by atoms with Crippen LogP contribution in [0.1, 0.15) is 28.3 Å². The van der Waals surface area contributed by atoms with E-state index >= 15 is 0 Å². The van der Waals surface area contributed by atoms with Crippen LogP contribution in [0.4, 0.5) is 5.69 Å². The van der Waals surface area contributed by atoms with Crippen LogP contribution >= 0.6 is 11.3 Å². The van der Waals surface area contributed by atoms with Crippen molar-refractivity contribution >= 4 is 28.8 Å². The summed E-state index contributed by atoms with van der Waals surface area (Å²) >= 11 is 1.38. The second-order valence-corrected chi connectivity index (χ2v) is 7.34. The molecular weight excluding hydrogens is 362 g/mol. The standard InChI is InChI=1S/C19H25N5O2S/c20-13-17-22-16(14-27-17)19(26)21-8-4-7-18(25)24-11-9-23(10-12-24)15-5-2-1-3-6-15/h1-3,5-6,14H,4,7-13,20H2,(H,21,26). The Balaban J connectivity index is 1.34. The number of para-hydroxylation sites is 1. The minimum Gasteiger partial charge on any atom is -0.368 e. The van der Waals surface area contributed by atoms with E-state index in [0.29, 0.717) is 31.6 Å². The van der Waals surface area contributed by atoms with Crippen molar-refractivity contribution < 1.29 is 9.59 Å². The molecule has 1 aromatic heterocycles. The van der Waals surface area contributed by atoms with Gasteiger partial charge in [0, 0.05) is 56.8 Å². The van der Waals surface area contributed by atoms with Gasteiger partial charge in [0.25, 0.3) is 5.91 Å². The number of nitrogens with one attached hydrogen (secondary N) is 1. The number of carbonyl (C=O) groups excluding carboxylic acids is 2. The quantitative estimate of drug-likeness (QED) is 0.702. The van der Waals surface area contributed by atoms with Gasteiger partial charge in [0.05, 0.1) is 0 Å². The summed E-state index contributed by atoms with van der Waals surface area (Å²) in [6.45, 7) is 3.97. The topological polar surface area (TPSA) is 91.6 Å². The highest BCUT2D eigenvalue weighted by Gasteiger charge is 2.20. The number of thiazole rings is 1. The molecule has 1 saturated heterocycles. The van der Waals surface area contributed by atoms with E-state index in [1.54, 1.807) is 5.38 Å². The lowest BCUT2D eigenvalue weighted by atomic mass is 10.2. The van der Waals surface area contributed by atoms with E-state index in [4.69, 9.17) is 5.73 Å². The molecule has 0 aliphatic carbocycles. The predicted molar refractivity (Wildman–Crippen MR) is 107 cm³/mol. The highest BCUT2D eigenvalue weighted by Crippen LogP contribution is 2.16. The number of hydrogen-bond acceptors (Lipinski definition) is 6. The Labute approximate surface area is 163 Å². The van der Waals surface area contributed by atoms with Crippen LogP contribution < -0.4 is 16.0 Å². The monoisotopic (exact) mass is 387 g/mol. The van der Waals surface area contributed by atoms with Gasteiger partial charge in [0.15, 0.2) is 0 Å². The maximum Gasteiger partial charge on any atom is 0.270 e. The Morgan fingerprint density at radius 3 is 2.56 bits per heavy atom. The maximum absolute atomic E-state index is 12.4. The van der Waals surface area contributed by atoms with Gasteiger partial charge in [-0.3, -0.25) is 9.59 Å². The molecule has 1 aliphatic heterocycles. The molecule has 1 fully saturated rings. The van der Waals surface area contributed by atoms with Gasteiger partial charge in [-0.05, 0) is 18.6 Å². The smallest absolute Gasteiger partial charge is 0.270 e. The molecule has 2 heterocycles. The van der Waals surface area contributed by atoms with Crippen molar-refractivity contribution in [3.8, 4) is 0 Å². The van der Waals surface area contributed by atoms with Crippen molar-refractivity contribution in [2.45, 2.75) is 19.4 Å². The molecule has 0 saturated carbocycles. The molecule has 7 nitrogen and oxygen atoms in total. The van der Waals surface area contributed by atoms with Crippen LogP contribution in [-0.2, 0) is 11.3 Å². The zero-order valence-electron chi connectivity index (χ0n) is 15.3. The van der Waals surface area contributed by atoms with Crippen molar-refractivity contribution in [1.82, 2.24) is 15.2 Å². The van der Waals surface area contributed by atoms with Gasteiger partial charge in [-0.15, -0.1) is 11.3 Å². The van der Waals surface area contributed by atoms with Crippen LogP contribution in [0.25, 0.3) is 0 Å². The molecule has 27 heavy (non-hydrogen) atoms. The number of rotatable bonds is 7.